The third-order valence-electron chi connectivity index (χ3n) is 5.35. The number of hydrogen-bond donors (Lipinski definition) is 7. The summed E-state index contributed by atoms with van der Waals surface area (Å²) >= 11 is 0. The molecule has 2 rings (SSSR count). The summed E-state index contributed by atoms with van der Waals surface area (Å²) in [5.74, 6) is -5.65. The van der Waals surface area contributed by atoms with Gasteiger partial charge in [-0.25, -0.2) is 4.79 Å². The van der Waals surface area contributed by atoms with Gasteiger partial charge in [0, 0.05) is 6.42 Å². The van der Waals surface area contributed by atoms with Crippen LogP contribution in [0.15, 0.2) is 30.3 Å². The van der Waals surface area contributed by atoms with E-state index in [0.717, 1.165) is 12.0 Å². The molecule has 1 aliphatic rings. The van der Waals surface area contributed by atoms with Crippen LogP contribution in [-0.2, 0) is 35.2 Å². The molecule has 190 valence electrons. The maximum Gasteiger partial charge on any atom is 0.326 e. The molecule has 1 aromatic carbocycles. The number of nitrogens with two attached hydrogens (primary N) is 2. The van der Waals surface area contributed by atoms with Gasteiger partial charge in [0.05, 0.1) is 18.9 Å². The molecule has 35 heavy (non-hydrogen) atoms. The Hall–Kier alpha value is -4.00. The minimum absolute atomic E-state index is 0.0927. The van der Waals surface area contributed by atoms with Crippen LogP contribution in [0.5, 0.6) is 0 Å². The molecule has 0 aliphatic carbocycles. The number of rotatable bonds is 13. The summed E-state index contributed by atoms with van der Waals surface area (Å²) in [7, 11) is 0. The van der Waals surface area contributed by atoms with Gasteiger partial charge in [-0.05, 0) is 24.9 Å². The lowest BCUT2D eigenvalue weighted by atomic mass is 10.0. The first-order valence-corrected chi connectivity index (χ1v) is 11.0. The highest BCUT2D eigenvalue weighted by molar-refractivity contribution is 5.96. The van der Waals surface area contributed by atoms with Crippen molar-refractivity contribution >= 4 is 35.5 Å². The van der Waals surface area contributed by atoms with E-state index in [1.807, 2.05) is 0 Å². The van der Waals surface area contributed by atoms with Crippen molar-refractivity contribution in [2.24, 2.45) is 11.5 Å². The minimum Gasteiger partial charge on any atom is -0.480 e. The smallest absolute Gasteiger partial charge is 0.326 e. The molecule has 13 nitrogen and oxygen atoms in total. The maximum absolute atomic E-state index is 13.1. The van der Waals surface area contributed by atoms with Gasteiger partial charge in [-0.15, -0.1) is 0 Å². The lowest BCUT2D eigenvalue weighted by Gasteiger charge is -2.24. The van der Waals surface area contributed by atoms with Gasteiger partial charge in [-0.1, -0.05) is 30.3 Å². The van der Waals surface area contributed by atoms with Gasteiger partial charge in [0.1, 0.15) is 18.1 Å². The van der Waals surface area contributed by atoms with E-state index in [9.17, 15) is 33.9 Å². The van der Waals surface area contributed by atoms with E-state index in [1.165, 1.54) is 0 Å². The fraction of sp³-hybridized carbons (Fsp3) is 0.455. The van der Waals surface area contributed by atoms with Crippen LogP contribution in [0.1, 0.15) is 31.2 Å². The molecule has 4 atom stereocenters. The monoisotopic (exact) mass is 490 g/mol. The topological polar surface area (TPSA) is 223 Å². The number of benzene rings is 1. The van der Waals surface area contributed by atoms with E-state index in [-0.39, 0.29) is 12.3 Å². The summed E-state index contributed by atoms with van der Waals surface area (Å²) in [6, 6.07) is 4.06. The molecule has 1 fully saturated rings. The Labute approximate surface area is 201 Å². The summed E-state index contributed by atoms with van der Waals surface area (Å²) in [4.78, 5) is 72.4. The molecule has 1 heterocycles. The molecule has 5 amide bonds. The second kappa shape index (κ2) is 13.0. The van der Waals surface area contributed by atoms with Gasteiger partial charge >= 0.3 is 5.97 Å². The molecule has 0 radical (unpaired) electrons. The van der Waals surface area contributed by atoms with E-state index in [1.54, 1.807) is 30.3 Å². The third kappa shape index (κ3) is 9.04. The maximum atomic E-state index is 13.1. The van der Waals surface area contributed by atoms with Crippen LogP contribution in [0.25, 0.3) is 0 Å². The Morgan fingerprint density at radius 1 is 0.886 bits per heavy atom. The highest BCUT2D eigenvalue weighted by Gasteiger charge is 2.32. The lowest BCUT2D eigenvalue weighted by molar-refractivity contribution is -0.144. The van der Waals surface area contributed by atoms with Gasteiger partial charge < -0.3 is 37.8 Å². The molecule has 13 heteroatoms. The number of hydrogen-bond acceptors (Lipinski definition) is 7. The molecule has 0 spiro atoms. The standard InChI is InChI=1S/C22H30N6O7/c23-17(29)10-15(21(33)28-16(22(34)35)11-18(24)30)27-20(32)14(9-12-5-2-1-3-6-12)26-19(31)13-7-4-8-25-13/h1-3,5-6,13-16,25H,4,7-11H2,(H2,23,29)(H2,24,30)(H,26,31)(H,27,32)(H,28,33)(H,34,35). The van der Waals surface area contributed by atoms with Crippen molar-refractivity contribution in [3.63, 3.8) is 0 Å². The third-order valence-corrected chi connectivity index (χ3v) is 5.35. The van der Waals surface area contributed by atoms with Crippen LogP contribution in [-0.4, -0.2) is 71.3 Å². The molecule has 1 aliphatic heterocycles. The summed E-state index contributed by atoms with van der Waals surface area (Å²) < 4.78 is 0. The molecular weight excluding hydrogens is 460 g/mol. The number of amides is 5. The van der Waals surface area contributed by atoms with E-state index in [0.29, 0.717) is 13.0 Å². The van der Waals surface area contributed by atoms with Gasteiger partial charge in [0.15, 0.2) is 0 Å². The molecule has 0 saturated carbocycles. The Morgan fingerprint density at radius 3 is 2.00 bits per heavy atom. The van der Waals surface area contributed by atoms with E-state index in [2.05, 4.69) is 21.3 Å². The molecule has 9 N–H and O–H groups in total. The van der Waals surface area contributed by atoms with E-state index >= 15 is 0 Å². The largest absolute Gasteiger partial charge is 0.480 e. The predicted octanol–water partition coefficient (Wildman–Crippen LogP) is -2.73. The van der Waals surface area contributed by atoms with Crippen molar-refractivity contribution in [1.82, 2.24) is 21.3 Å². The Morgan fingerprint density at radius 2 is 1.46 bits per heavy atom. The first-order chi connectivity index (χ1) is 16.6. The summed E-state index contributed by atoms with van der Waals surface area (Å²) in [6.07, 6.45) is 0.171. The SMILES string of the molecule is NC(=O)CC(NC(=O)C(CC(N)=O)NC(=O)C(Cc1ccccc1)NC(=O)C1CCCN1)C(=O)O. The van der Waals surface area contributed by atoms with Crippen molar-refractivity contribution in [1.29, 1.82) is 0 Å². The molecule has 0 bridgehead atoms. The summed E-state index contributed by atoms with van der Waals surface area (Å²) in [5.41, 5.74) is 10.9. The minimum atomic E-state index is -1.67. The van der Waals surface area contributed by atoms with Crippen molar-refractivity contribution in [3.8, 4) is 0 Å². The van der Waals surface area contributed by atoms with E-state index in [4.69, 9.17) is 11.5 Å². The zero-order chi connectivity index (χ0) is 26.0. The number of nitrogens with one attached hydrogen (secondary N) is 4. The molecule has 1 saturated heterocycles. The van der Waals surface area contributed by atoms with Crippen LogP contribution < -0.4 is 32.7 Å². The summed E-state index contributed by atoms with van der Waals surface area (Å²) in [5, 5.41) is 19.4. The Bertz CT molecular complexity index is 949. The Balaban J connectivity index is 2.19. The van der Waals surface area contributed by atoms with Crippen molar-refractivity contribution in [3.05, 3.63) is 35.9 Å². The van der Waals surface area contributed by atoms with Crippen molar-refractivity contribution < 1.29 is 33.9 Å². The second-order valence-electron chi connectivity index (χ2n) is 8.20. The van der Waals surface area contributed by atoms with Gasteiger partial charge in [-0.2, -0.15) is 0 Å². The van der Waals surface area contributed by atoms with Gasteiger partial charge in [0.2, 0.25) is 29.5 Å². The van der Waals surface area contributed by atoms with Crippen LogP contribution >= 0.6 is 0 Å². The van der Waals surface area contributed by atoms with Crippen molar-refractivity contribution in [2.75, 3.05) is 6.54 Å². The van der Waals surface area contributed by atoms with Crippen molar-refractivity contribution in [2.45, 2.75) is 56.3 Å². The lowest BCUT2D eigenvalue weighted by Crippen LogP contribution is -2.58. The molecule has 4 unspecified atom stereocenters. The van der Waals surface area contributed by atoms with Crippen LogP contribution in [0.3, 0.4) is 0 Å². The first kappa shape index (κ1) is 27.2. The van der Waals surface area contributed by atoms with Crippen LogP contribution in [0.4, 0.5) is 0 Å². The fourth-order valence-electron chi connectivity index (χ4n) is 3.60. The van der Waals surface area contributed by atoms with Gasteiger partial charge in [0.25, 0.3) is 0 Å². The quantitative estimate of drug-likeness (QED) is 0.153. The number of primary amides is 2. The summed E-state index contributed by atoms with van der Waals surface area (Å²) in [6.45, 7) is 0.671. The number of aliphatic carboxylic acids is 1. The zero-order valence-electron chi connectivity index (χ0n) is 19.0. The molecule has 0 aromatic heterocycles. The van der Waals surface area contributed by atoms with E-state index < -0.39 is 66.6 Å². The van der Waals surface area contributed by atoms with Crippen LogP contribution in [0, 0.1) is 0 Å². The predicted molar refractivity (Wildman–Crippen MR) is 122 cm³/mol. The molecular formula is C22H30N6O7. The average Bonchev–Trinajstić information content (AvgIpc) is 3.33. The highest BCUT2D eigenvalue weighted by atomic mass is 16.4. The van der Waals surface area contributed by atoms with Crippen LogP contribution in [0.2, 0.25) is 0 Å². The second-order valence-corrected chi connectivity index (χ2v) is 8.20. The highest BCUT2D eigenvalue weighted by Crippen LogP contribution is 2.09. The zero-order valence-corrected chi connectivity index (χ0v) is 19.0. The normalized spacial score (nSPS) is 17.4. The average molecular weight is 491 g/mol. The molecule has 1 aromatic rings. The number of carboxylic acid groups (broad SMARTS) is 1. The number of carboxylic acids is 1. The Kier molecular flexibility index (Phi) is 10.1. The number of carbonyl (C=O) groups is 6. The van der Waals surface area contributed by atoms with Gasteiger partial charge in [-0.3, -0.25) is 24.0 Å². The first-order valence-electron chi connectivity index (χ1n) is 11.0. The fourth-order valence-corrected chi connectivity index (χ4v) is 3.60. The number of carbonyl (C=O) groups excluding carboxylic acids is 5.